The van der Waals surface area contributed by atoms with Crippen LogP contribution in [0.1, 0.15) is 10.4 Å². The van der Waals surface area contributed by atoms with Gasteiger partial charge in [0.15, 0.2) is 5.82 Å². The lowest BCUT2D eigenvalue weighted by Gasteiger charge is -2.22. The van der Waals surface area contributed by atoms with Crippen molar-refractivity contribution in [2.75, 3.05) is 24.4 Å². The van der Waals surface area contributed by atoms with E-state index in [2.05, 4.69) is 5.32 Å². The van der Waals surface area contributed by atoms with Gasteiger partial charge >= 0.3 is 5.97 Å². The van der Waals surface area contributed by atoms with Crippen molar-refractivity contribution in [1.29, 1.82) is 0 Å². The Kier molecular flexibility index (Phi) is 7.08. The molecular formula is C27H22ClFN2O4. The van der Waals surface area contributed by atoms with Gasteiger partial charge in [0.25, 0.3) is 0 Å². The minimum Gasteiger partial charge on any atom is -0.495 e. The third-order valence-corrected chi connectivity index (χ3v) is 5.56. The molecule has 0 aliphatic heterocycles. The van der Waals surface area contributed by atoms with Gasteiger partial charge in [-0.1, -0.05) is 23.7 Å². The summed E-state index contributed by atoms with van der Waals surface area (Å²) in [5, 5.41) is 13.3. The van der Waals surface area contributed by atoms with Crippen molar-refractivity contribution in [3.63, 3.8) is 0 Å². The lowest BCUT2D eigenvalue weighted by molar-refractivity contribution is 0.0697. The highest BCUT2D eigenvalue weighted by Crippen LogP contribution is 2.36. The Bertz CT molecular complexity index is 1360. The predicted molar refractivity (Wildman–Crippen MR) is 136 cm³/mol. The van der Waals surface area contributed by atoms with Gasteiger partial charge in [0, 0.05) is 23.8 Å². The first-order valence-electron chi connectivity index (χ1n) is 10.6. The molecule has 4 rings (SSSR count). The molecule has 4 aromatic carbocycles. The number of hydrogen-bond acceptors (Lipinski definition) is 5. The van der Waals surface area contributed by atoms with Crippen molar-refractivity contribution < 1.29 is 23.8 Å². The summed E-state index contributed by atoms with van der Waals surface area (Å²) in [6, 6.07) is 23.2. The number of methoxy groups -OCH3 is 1. The summed E-state index contributed by atoms with van der Waals surface area (Å²) in [4.78, 5) is 13.5. The topological polar surface area (TPSA) is 71.0 Å². The maximum Gasteiger partial charge on any atom is 0.337 e. The second-order valence-electron chi connectivity index (χ2n) is 7.59. The average molecular weight is 493 g/mol. The number of aromatic carboxylic acids is 1. The number of rotatable bonds is 8. The molecule has 0 atom stereocenters. The molecule has 35 heavy (non-hydrogen) atoms. The Balaban J connectivity index is 1.56. The van der Waals surface area contributed by atoms with Gasteiger partial charge in [-0.3, -0.25) is 0 Å². The van der Waals surface area contributed by atoms with Crippen LogP contribution in [0.25, 0.3) is 0 Å². The van der Waals surface area contributed by atoms with Crippen molar-refractivity contribution in [3.8, 4) is 17.2 Å². The van der Waals surface area contributed by atoms with Crippen molar-refractivity contribution in [2.45, 2.75) is 0 Å². The number of anilines is 4. The second kappa shape index (κ2) is 10.4. The fraction of sp³-hybridized carbons (Fsp3) is 0.0741. The van der Waals surface area contributed by atoms with Gasteiger partial charge < -0.3 is 24.8 Å². The van der Waals surface area contributed by atoms with Crippen LogP contribution in [0, 0.1) is 5.82 Å². The van der Waals surface area contributed by atoms with E-state index in [4.69, 9.17) is 21.1 Å². The zero-order valence-corrected chi connectivity index (χ0v) is 19.7. The van der Waals surface area contributed by atoms with Crippen LogP contribution in [0.3, 0.4) is 0 Å². The van der Waals surface area contributed by atoms with E-state index in [1.807, 2.05) is 18.2 Å². The van der Waals surface area contributed by atoms with Gasteiger partial charge in [0.2, 0.25) is 0 Å². The van der Waals surface area contributed by atoms with Crippen LogP contribution in [0.15, 0.2) is 84.9 Å². The lowest BCUT2D eigenvalue weighted by atomic mass is 10.1. The van der Waals surface area contributed by atoms with Gasteiger partial charge in [-0.15, -0.1) is 0 Å². The van der Waals surface area contributed by atoms with E-state index in [1.54, 1.807) is 73.7 Å². The van der Waals surface area contributed by atoms with Gasteiger partial charge in [-0.05, 0) is 66.7 Å². The number of benzene rings is 4. The Morgan fingerprint density at radius 3 is 2.31 bits per heavy atom. The van der Waals surface area contributed by atoms with Crippen molar-refractivity contribution in [1.82, 2.24) is 0 Å². The van der Waals surface area contributed by atoms with Crippen LogP contribution >= 0.6 is 11.6 Å². The quantitative estimate of drug-likeness (QED) is 0.265. The van der Waals surface area contributed by atoms with Crippen LogP contribution in [0.2, 0.25) is 5.02 Å². The standard InChI is InChI=1S/C27H22ClFN2O4/c1-31(25-5-3-4-6-26(25)34-2)24-14-12-20(16-22(24)29)35-19-11-13-23(21(15-19)27(32)33)30-18-9-7-17(28)8-10-18/h3-16,30H,1-2H3,(H,32,33). The summed E-state index contributed by atoms with van der Waals surface area (Å²) in [5.41, 5.74) is 2.10. The number of carboxylic acid groups (broad SMARTS) is 1. The molecule has 0 heterocycles. The Hall–Kier alpha value is -4.23. The molecule has 4 aromatic rings. The van der Waals surface area contributed by atoms with Gasteiger partial charge in [0.1, 0.15) is 17.2 Å². The van der Waals surface area contributed by atoms with Crippen molar-refractivity contribution in [3.05, 3.63) is 101 Å². The van der Waals surface area contributed by atoms with Gasteiger partial charge in [-0.25, -0.2) is 9.18 Å². The molecule has 8 heteroatoms. The molecule has 0 aliphatic carbocycles. The number of para-hydroxylation sites is 2. The minimum absolute atomic E-state index is 0.00504. The highest BCUT2D eigenvalue weighted by molar-refractivity contribution is 6.30. The number of carboxylic acids is 1. The molecule has 0 fully saturated rings. The monoisotopic (exact) mass is 492 g/mol. The van der Waals surface area contributed by atoms with Crippen LogP contribution in [-0.2, 0) is 0 Å². The van der Waals surface area contributed by atoms with E-state index in [0.717, 1.165) is 0 Å². The van der Waals surface area contributed by atoms with Crippen LogP contribution < -0.4 is 19.7 Å². The van der Waals surface area contributed by atoms with Crippen LogP contribution in [0.5, 0.6) is 17.2 Å². The Morgan fingerprint density at radius 2 is 1.63 bits per heavy atom. The maximum absolute atomic E-state index is 15.0. The first-order valence-corrected chi connectivity index (χ1v) is 11.0. The van der Waals surface area contributed by atoms with Crippen LogP contribution in [0.4, 0.5) is 27.1 Å². The Labute approximate surface area is 207 Å². The summed E-state index contributed by atoms with van der Waals surface area (Å²) in [6.07, 6.45) is 0. The van der Waals surface area contributed by atoms with Gasteiger partial charge in [0.05, 0.1) is 29.7 Å². The van der Waals surface area contributed by atoms with E-state index >= 15 is 0 Å². The summed E-state index contributed by atoms with van der Waals surface area (Å²) in [6.45, 7) is 0. The number of halogens is 2. The highest BCUT2D eigenvalue weighted by Gasteiger charge is 2.16. The molecule has 0 amide bonds. The minimum atomic E-state index is -1.13. The van der Waals surface area contributed by atoms with Crippen molar-refractivity contribution >= 4 is 40.3 Å². The third-order valence-electron chi connectivity index (χ3n) is 5.31. The van der Waals surface area contributed by atoms with E-state index in [9.17, 15) is 14.3 Å². The smallest absolute Gasteiger partial charge is 0.337 e. The molecule has 0 saturated carbocycles. The molecule has 0 spiro atoms. The summed E-state index contributed by atoms with van der Waals surface area (Å²) in [5.74, 6) is -0.533. The molecule has 178 valence electrons. The molecule has 0 unspecified atom stereocenters. The number of hydrogen-bond donors (Lipinski definition) is 2. The molecule has 6 nitrogen and oxygen atoms in total. The lowest BCUT2D eigenvalue weighted by Crippen LogP contribution is -2.12. The summed E-state index contributed by atoms with van der Waals surface area (Å²) >= 11 is 5.90. The zero-order chi connectivity index (χ0) is 24.9. The first-order chi connectivity index (χ1) is 16.9. The fourth-order valence-electron chi connectivity index (χ4n) is 3.56. The fourth-order valence-corrected chi connectivity index (χ4v) is 3.68. The average Bonchev–Trinajstić information content (AvgIpc) is 2.86. The van der Waals surface area contributed by atoms with Gasteiger partial charge in [-0.2, -0.15) is 0 Å². The first kappa shape index (κ1) is 23.9. The van der Waals surface area contributed by atoms with E-state index in [1.165, 1.54) is 12.1 Å². The Morgan fingerprint density at radius 1 is 0.943 bits per heavy atom. The zero-order valence-electron chi connectivity index (χ0n) is 19.0. The summed E-state index contributed by atoms with van der Waals surface area (Å²) in [7, 11) is 3.30. The van der Waals surface area contributed by atoms with E-state index in [0.29, 0.717) is 33.5 Å². The van der Waals surface area contributed by atoms with Crippen molar-refractivity contribution in [2.24, 2.45) is 0 Å². The number of nitrogens with zero attached hydrogens (tertiary/aromatic N) is 1. The molecule has 0 aromatic heterocycles. The third kappa shape index (κ3) is 5.47. The number of nitrogens with one attached hydrogen (secondary N) is 1. The summed E-state index contributed by atoms with van der Waals surface area (Å²) < 4.78 is 26.1. The highest BCUT2D eigenvalue weighted by atomic mass is 35.5. The maximum atomic E-state index is 15.0. The number of ether oxygens (including phenoxy) is 2. The molecule has 2 N–H and O–H groups in total. The molecule has 0 bridgehead atoms. The molecular weight excluding hydrogens is 471 g/mol. The normalized spacial score (nSPS) is 10.5. The number of carbonyl (C=O) groups is 1. The molecule has 0 radical (unpaired) electrons. The van der Waals surface area contributed by atoms with E-state index in [-0.39, 0.29) is 17.1 Å². The van der Waals surface area contributed by atoms with Crippen LogP contribution in [-0.4, -0.2) is 25.2 Å². The predicted octanol–water partition coefficient (Wildman–Crippen LogP) is 7.49. The van der Waals surface area contributed by atoms with E-state index < -0.39 is 11.8 Å². The SMILES string of the molecule is COc1ccccc1N(C)c1ccc(Oc2ccc(Nc3ccc(Cl)cc3)c(C(=O)O)c2)cc1F. The second-order valence-corrected chi connectivity index (χ2v) is 8.03. The molecule has 0 aliphatic rings. The molecule has 0 saturated heterocycles. The largest absolute Gasteiger partial charge is 0.495 e.